The summed E-state index contributed by atoms with van der Waals surface area (Å²) in [5.74, 6) is 0.350. The number of anilines is 1. The molecule has 218 valence electrons. The third-order valence-electron chi connectivity index (χ3n) is 7.33. The van der Waals surface area contributed by atoms with Crippen molar-refractivity contribution in [1.29, 1.82) is 0 Å². The van der Waals surface area contributed by atoms with Crippen LogP contribution in [0.4, 0.5) is 5.82 Å². The molecule has 12 heteroatoms. The van der Waals surface area contributed by atoms with E-state index in [4.69, 9.17) is 19.9 Å². The summed E-state index contributed by atoms with van der Waals surface area (Å²) < 4.78 is 17.0. The molecule has 0 unspecified atom stereocenters. The fourth-order valence-corrected chi connectivity index (χ4v) is 5.16. The molecule has 0 bridgehead atoms. The number of nitrogens with one attached hydrogen (secondary N) is 1. The number of methoxy groups -OCH3 is 2. The molecule has 40 heavy (non-hydrogen) atoms. The van der Waals surface area contributed by atoms with Crippen molar-refractivity contribution in [3.05, 3.63) is 45.9 Å². The summed E-state index contributed by atoms with van der Waals surface area (Å²) in [6.07, 6.45) is 3.40. The summed E-state index contributed by atoms with van der Waals surface area (Å²) in [4.78, 5) is 40.5. The van der Waals surface area contributed by atoms with Crippen molar-refractivity contribution in [2.75, 3.05) is 66.4 Å². The predicted molar refractivity (Wildman–Crippen MR) is 152 cm³/mol. The van der Waals surface area contributed by atoms with Gasteiger partial charge in [0.2, 0.25) is 0 Å². The van der Waals surface area contributed by atoms with Crippen LogP contribution in [-0.2, 0) is 33.8 Å². The van der Waals surface area contributed by atoms with E-state index in [1.807, 2.05) is 12.1 Å². The highest BCUT2D eigenvalue weighted by Gasteiger charge is 2.22. The van der Waals surface area contributed by atoms with Gasteiger partial charge in [0.1, 0.15) is 12.1 Å². The number of nitrogen functional groups attached to an aromatic ring is 1. The number of aromatic amines is 1. The molecule has 1 aromatic carbocycles. The molecule has 0 spiro atoms. The van der Waals surface area contributed by atoms with Crippen molar-refractivity contribution in [1.82, 2.24) is 29.3 Å². The molecule has 1 saturated heterocycles. The topological polar surface area (TPSA) is 141 Å². The van der Waals surface area contributed by atoms with Gasteiger partial charge in [-0.25, -0.2) is 4.79 Å². The Morgan fingerprint density at radius 2 is 1.95 bits per heavy atom. The lowest BCUT2D eigenvalue weighted by atomic mass is 9.96. The number of ether oxygens (including phenoxy) is 3. The number of fused-ring (bicyclic) bond motifs is 1. The zero-order valence-corrected chi connectivity index (χ0v) is 23.7. The molecule has 0 saturated carbocycles. The number of hydrogen-bond acceptors (Lipinski definition) is 10. The van der Waals surface area contributed by atoms with Crippen LogP contribution in [0.3, 0.4) is 0 Å². The van der Waals surface area contributed by atoms with Crippen molar-refractivity contribution < 1.29 is 19.0 Å². The van der Waals surface area contributed by atoms with Crippen molar-refractivity contribution in [2.24, 2.45) is 5.92 Å². The number of nitrogens with zero attached hydrogens (tertiary/aromatic N) is 5. The minimum absolute atomic E-state index is 0.142. The maximum atomic E-state index is 12.7. The molecule has 0 atom stereocenters. The summed E-state index contributed by atoms with van der Waals surface area (Å²) in [6.45, 7) is 6.16. The second-order valence-electron chi connectivity index (χ2n) is 10.4. The highest BCUT2D eigenvalue weighted by atomic mass is 16.5. The predicted octanol–water partition coefficient (Wildman–Crippen LogP) is 1.68. The molecule has 0 amide bonds. The summed E-state index contributed by atoms with van der Waals surface area (Å²) in [6, 6.07) is 8.26. The van der Waals surface area contributed by atoms with Gasteiger partial charge >= 0.3 is 17.7 Å². The molecule has 4 rings (SSSR count). The van der Waals surface area contributed by atoms with Gasteiger partial charge in [0, 0.05) is 20.2 Å². The number of carbonyl (C=O) groups excluding carboxylic acids is 1. The van der Waals surface area contributed by atoms with E-state index in [9.17, 15) is 9.59 Å². The molecular formula is C28H41N7O5. The molecule has 12 nitrogen and oxygen atoms in total. The van der Waals surface area contributed by atoms with Crippen molar-refractivity contribution in [2.45, 2.75) is 38.8 Å². The second-order valence-corrected chi connectivity index (χ2v) is 10.4. The summed E-state index contributed by atoms with van der Waals surface area (Å²) in [7, 11) is 5.13. The first-order valence-electron chi connectivity index (χ1n) is 13.8. The number of piperidine rings is 1. The number of nitrogens with two attached hydrogens (primary N) is 1. The van der Waals surface area contributed by atoms with Crippen LogP contribution in [-0.4, -0.2) is 95.9 Å². The molecule has 3 heterocycles. The largest absolute Gasteiger partial charge is 0.469 e. The minimum Gasteiger partial charge on any atom is -0.469 e. The highest BCUT2D eigenvalue weighted by Crippen LogP contribution is 2.23. The molecule has 1 fully saturated rings. The van der Waals surface area contributed by atoms with Gasteiger partial charge in [-0.15, -0.1) is 0 Å². The van der Waals surface area contributed by atoms with Crippen molar-refractivity contribution >= 4 is 23.0 Å². The number of likely N-dealkylation sites (tertiary alicyclic amines) is 1. The first-order chi connectivity index (χ1) is 19.4. The Balaban J connectivity index is 1.22. The average Bonchev–Trinajstić information content (AvgIpc) is 3.25. The molecule has 2 aromatic heterocycles. The molecule has 1 aliphatic heterocycles. The maximum absolute atomic E-state index is 12.7. The fourth-order valence-electron chi connectivity index (χ4n) is 5.16. The number of benzene rings is 1. The van der Waals surface area contributed by atoms with Crippen LogP contribution in [0.1, 0.15) is 30.4 Å². The normalized spacial score (nSPS) is 14.7. The van der Waals surface area contributed by atoms with E-state index < -0.39 is 0 Å². The number of aromatic nitrogens is 4. The standard InChI is InChI=1S/C28H41N7O5/c1-33(18-22-7-4-6-21(16-22)17-23(36)39-3)10-5-11-34-12-8-20(9-13-34)19-35-26-24(30-28(35)37)25(29)31-27(32-26)40-15-14-38-2/h4,6-7,16,20H,5,8-15,17-19H2,1-3H3,(H,30,37)(H2,29,31,32). The van der Waals surface area contributed by atoms with Crippen LogP contribution >= 0.6 is 0 Å². The van der Waals surface area contributed by atoms with E-state index in [2.05, 4.69) is 43.9 Å². The average molecular weight is 556 g/mol. The first kappa shape index (κ1) is 29.5. The van der Waals surface area contributed by atoms with Crippen molar-refractivity contribution in [3.63, 3.8) is 0 Å². The Kier molecular flexibility index (Phi) is 10.5. The van der Waals surface area contributed by atoms with Crippen LogP contribution < -0.4 is 16.2 Å². The van der Waals surface area contributed by atoms with E-state index in [0.717, 1.165) is 57.5 Å². The third kappa shape index (κ3) is 8.03. The highest BCUT2D eigenvalue weighted by molar-refractivity contribution is 5.81. The number of carbonyl (C=O) groups is 1. The lowest BCUT2D eigenvalue weighted by Crippen LogP contribution is -2.37. The maximum Gasteiger partial charge on any atom is 0.327 e. The lowest BCUT2D eigenvalue weighted by molar-refractivity contribution is -0.139. The monoisotopic (exact) mass is 555 g/mol. The Morgan fingerprint density at radius 3 is 2.70 bits per heavy atom. The van der Waals surface area contributed by atoms with Crippen LogP contribution in [0.15, 0.2) is 29.1 Å². The van der Waals surface area contributed by atoms with Crippen molar-refractivity contribution in [3.8, 4) is 6.01 Å². The van der Waals surface area contributed by atoms with Gasteiger partial charge in [0.05, 0.1) is 20.1 Å². The molecule has 3 N–H and O–H groups in total. The Labute approximate surface area is 234 Å². The van der Waals surface area contributed by atoms with Gasteiger partial charge in [-0.3, -0.25) is 9.36 Å². The van der Waals surface area contributed by atoms with Gasteiger partial charge in [-0.2, -0.15) is 9.97 Å². The summed E-state index contributed by atoms with van der Waals surface area (Å²) in [5, 5.41) is 0. The molecule has 0 radical (unpaired) electrons. The van der Waals surface area contributed by atoms with E-state index >= 15 is 0 Å². The number of rotatable bonds is 14. The van der Waals surface area contributed by atoms with Gasteiger partial charge in [-0.1, -0.05) is 24.3 Å². The van der Waals surface area contributed by atoms with Crippen LogP contribution in [0.25, 0.3) is 11.2 Å². The van der Waals surface area contributed by atoms with Gasteiger partial charge < -0.3 is 34.7 Å². The van der Waals surface area contributed by atoms with Gasteiger partial charge in [-0.05, 0) is 69.5 Å². The van der Waals surface area contributed by atoms with Crippen LogP contribution in [0.5, 0.6) is 6.01 Å². The lowest BCUT2D eigenvalue weighted by Gasteiger charge is -2.32. The quantitative estimate of drug-likeness (QED) is 0.223. The number of imidazole rings is 1. The van der Waals surface area contributed by atoms with Crippen LogP contribution in [0, 0.1) is 5.92 Å². The van der Waals surface area contributed by atoms with E-state index in [-0.39, 0.29) is 23.5 Å². The molecule has 0 aliphatic carbocycles. The minimum atomic E-state index is -0.230. The van der Waals surface area contributed by atoms with Gasteiger partial charge in [0.15, 0.2) is 11.5 Å². The molecular weight excluding hydrogens is 514 g/mol. The van der Waals surface area contributed by atoms with Gasteiger partial charge in [0.25, 0.3) is 0 Å². The smallest absolute Gasteiger partial charge is 0.327 e. The molecule has 3 aromatic rings. The second kappa shape index (κ2) is 14.2. The van der Waals surface area contributed by atoms with E-state index in [0.29, 0.717) is 43.3 Å². The zero-order valence-electron chi connectivity index (χ0n) is 23.7. The fraction of sp³-hybridized carbons (Fsp3) is 0.571. The summed E-state index contributed by atoms with van der Waals surface area (Å²) >= 11 is 0. The van der Waals surface area contributed by atoms with E-state index in [1.165, 1.54) is 12.7 Å². The van der Waals surface area contributed by atoms with E-state index in [1.54, 1.807) is 11.7 Å². The Hall–Kier alpha value is -3.48. The van der Waals surface area contributed by atoms with Crippen LogP contribution in [0.2, 0.25) is 0 Å². The number of H-pyrrole nitrogens is 1. The number of esters is 1. The first-order valence-corrected chi connectivity index (χ1v) is 13.8. The Bertz CT molecular complexity index is 1320. The number of hydrogen-bond donors (Lipinski definition) is 2. The summed E-state index contributed by atoms with van der Waals surface area (Å²) in [5.41, 5.74) is 8.92. The SMILES string of the molecule is COCCOc1nc(N)c2[nH]c(=O)n(CC3CCN(CCCN(C)Cc4cccc(CC(=O)OC)c4)CC3)c2n1. The zero-order chi connectivity index (χ0) is 28.5. The third-order valence-corrected chi connectivity index (χ3v) is 7.33. The Morgan fingerprint density at radius 1 is 1.18 bits per heavy atom. The molecule has 1 aliphatic rings.